The lowest BCUT2D eigenvalue weighted by molar-refractivity contribution is -0.137. The quantitative estimate of drug-likeness (QED) is 0.369. The van der Waals surface area contributed by atoms with Crippen molar-refractivity contribution < 1.29 is 22.8 Å². The summed E-state index contributed by atoms with van der Waals surface area (Å²) in [6, 6.07) is 13.9. The van der Waals surface area contributed by atoms with E-state index < -0.39 is 23.7 Å². The number of anilines is 2. The van der Waals surface area contributed by atoms with E-state index in [0.717, 1.165) is 23.3 Å². The Bertz CT molecular complexity index is 1350. The van der Waals surface area contributed by atoms with Crippen molar-refractivity contribution in [3.8, 4) is 22.4 Å². The van der Waals surface area contributed by atoms with Crippen molar-refractivity contribution in [3.05, 3.63) is 84.8 Å². The van der Waals surface area contributed by atoms with Crippen LogP contribution in [0.2, 0.25) is 0 Å². The summed E-state index contributed by atoms with van der Waals surface area (Å²) in [6.07, 6.45) is 0.510. The number of amides is 3. The molecule has 0 aliphatic carbocycles. The second kappa shape index (κ2) is 9.67. The van der Waals surface area contributed by atoms with Gasteiger partial charge < -0.3 is 16.4 Å². The monoisotopic (exact) mass is 480 g/mol. The highest BCUT2D eigenvalue weighted by atomic mass is 19.4. The summed E-state index contributed by atoms with van der Waals surface area (Å²) in [7, 11) is 0. The van der Waals surface area contributed by atoms with Gasteiger partial charge in [-0.1, -0.05) is 12.1 Å². The summed E-state index contributed by atoms with van der Waals surface area (Å²) < 4.78 is 39.6. The second-order valence-corrected chi connectivity index (χ2v) is 7.53. The van der Waals surface area contributed by atoms with E-state index in [1.54, 1.807) is 55.0 Å². The number of alkyl halides is 3. The second-order valence-electron chi connectivity index (χ2n) is 7.53. The van der Waals surface area contributed by atoms with E-state index >= 15 is 0 Å². The van der Waals surface area contributed by atoms with E-state index in [0.29, 0.717) is 16.9 Å². The molecule has 178 valence electrons. The normalized spacial score (nSPS) is 11.2. The maximum absolute atomic E-state index is 12.7. The lowest BCUT2D eigenvalue weighted by Gasteiger charge is -2.11. The molecular weight excluding hydrogens is 461 g/mol. The summed E-state index contributed by atoms with van der Waals surface area (Å²) >= 11 is 0. The van der Waals surface area contributed by atoms with Crippen molar-refractivity contribution in [1.82, 2.24) is 14.8 Å². The Morgan fingerprint density at radius 1 is 0.914 bits per heavy atom. The first kappa shape index (κ1) is 23.5. The first-order valence-electron chi connectivity index (χ1n) is 10.3. The minimum atomic E-state index is -4.46. The van der Waals surface area contributed by atoms with E-state index in [4.69, 9.17) is 5.73 Å². The summed E-state index contributed by atoms with van der Waals surface area (Å²) in [5.74, 6) is -0.546. The van der Waals surface area contributed by atoms with Gasteiger partial charge in [-0.3, -0.25) is 14.5 Å². The van der Waals surface area contributed by atoms with Gasteiger partial charge in [-0.25, -0.2) is 4.79 Å². The van der Waals surface area contributed by atoms with Crippen molar-refractivity contribution >= 4 is 23.3 Å². The first-order chi connectivity index (χ1) is 16.7. The molecule has 4 aromatic rings. The van der Waals surface area contributed by atoms with Crippen LogP contribution in [0.1, 0.15) is 5.56 Å². The zero-order valence-electron chi connectivity index (χ0n) is 18.1. The van der Waals surface area contributed by atoms with Crippen molar-refractivity contribution in [2.24, 2.45) is 5.73 Å². The van der Waals surface area contributed by atoms with E-state index in [-0.39, 0.29) is 12.2 Å². The number of nitrogens with two attached hydrogens (primary N) is 1. The molecule has 0 fully saturated rings. The topological polar surface area (TPSA) is 115 Å². The SMILES string of the molecule is NC(=O)Cn1cc(-c2ccncc2)c(-c2cccc(NC(=O)Nc3ccc(C(F)(F)F)cc3)c2)n1. The van der Waals surface area contributed by atoms with Crippen molar-refractivity contribution in [1.29, 1.82) is 0 Å². The molecule has 0 atom stereocenters. The van der Waals surface area contributed by atoms with Crippen LogP contribution in [0.4, 0.5) is 29.3 Å². The Morgan fingerprint density at radius 3 is 2.26 bits per heavy atom. The third-order valence-corrected chi connectivity index (χ3v) is 4.93. The fourth-order valence-electron chi connectivity index (χ4n) is 3.40. The molecule has 3 amide bonds. The van der Waals surface area contributed by atoms with E-state index in [2.05, 4.69) is 20.7 Å². The molecule has 0 aliphatic heterocycles. The number of rotatable bonds is 6. The number of benzene rings is 2. The van der Waals surface area contributed by atoms with Gasteiger partial charge in [-0.15, -0.1) is 0 Å². The highest BCUT2D eigenvalue weighted by Crippen LogP contribution is 2.32. The number of carbonyl (C=O) groups excluding carboxylic acids is 2. The predicted molar refractivity (Wildman–Crippen MR) is 124 cm³/mol. The highest BCUT2D eigenvalue weighted by Gasteiger charge is 2.30. The number of carbonyl (C=O) groups is 2. The minimum Gasteiger partial charge on any atom is -0.368 e. The predicted octanol–water partition coefficient (Wildman–Crippen LogP) is 4.76. The molecular formula is C24H19F3N6O2. The van der Waals surface area contributed by atoms with Gasteiger partial charge in [0, 0.05) is 41.1 Å². The summed E-state index contributed by atoms with van der Waals surface area (Å²) in [5.41, 5.74) is 7.92. The number of urea groups is 1. The van der Waals surface area contributed by atoms with Gasteiger partial charge in [0.05, 0.1) is 5.56 Å². The molecule has 0 unspecified atom stereocenters. The van der Waals surface area contributed by atoms with Crippen molar-refractivity contribution in [3.63, 3.8) is 0 Å². The molecule has 11 heteroatoms. The van der Waals surface area contributed by atoms with E-state index in [1.807, 2.05) is 0 Å². The largest absolute Gasteiger partial charge is 0.416 e. The first-order valence-corrected chi connectivity index (χ1v) is 10.3. The Hall–Kier alpha value is -4.67. The lowest BCUT2D eigenvalue weighted by Crippen LogP contribution is -2.19. The summed E-state index contributed by atoms with van der Waals surface area (Å²) in [5, 5.41) is 9.64. The van der Waals surface area contributed by atoms with Gasteiger partial charge in [-0.2, -0.15) is 18.3 Å². The number of aromatic nitrogens is 3. The molecule has 0 aliphatic rings. The zero-order chi connectivity index (χ0) is 25.0. The maximum atomic E-state index is 12.7. The van der Waals surface area contributed by atoms with Crippen molar-refractivity contribution in [2.45, 2.75) is 12.7 Å². The highest BCUT2D eigenvalue weighted by molar-refractivity contribution is 6.00. The van der Waals surface area contributed by atoms with Crippen LogP contribution >= 0.6 is 0 Å². The number of pyridine rings is 1. The fraction of sp³-hybridized carbons (Fsp3) is 0.0833. The van der Waals surface area contributed by atoms with Gasteiger partial charge in [0.2, 0.25) is 5.91 Å². The van der Waals surface area contributed by atoms with Crippen LogP contribution in [-0.4, -0.2) is 26.7 Å². The molecule has 35 heavy (non-hydrogen) atoms. The molecule has 0 spiro atoms. The molecule has 0 saturated carbocycles. The molecule has 4 N–H and O–H groups in total. The molecule has 2 heterocycles. The van der Waals surface area contributed by atoms with E-state index in [1.165, 1.54) is 16.8 Å². The van der Waals surface area contributed by atoms with Crippen molar-refractivity contribution in [2.75, 3.05) is 10.6 Å². The molecule has 2 aromatic carbocycles. The van der Waals surface area contributed by atoms with Crippen LogP contribution in [0.3, 0.4) is 0 Å². The molecule has 0 bridgehead atoms. The Labute approximate surface area is 197 Å². The lowest BCUT2D eigenvalue weighted by atomic mass is 10.0. The van der Waals surface area contributed by atoms with Crippen LogP contribution in [0.5, 0.6) is 0 Å². The fourth-order valence-corrected chi connectivity index (χ4v) is 3.40. The van der Waals surface area contributed by atoms with Gasteiger partial charge in [-0.05, 0) is 54.1 Å². The Morgan fingerprint density at radius 2 is 1.60 bits per heavy atom. The summed E-state index contributed by atoms with van der Waals surface area (Å²) in [6.45, 7) is -0.106. The van der Waals surface area contributed by atoms with Crippen LogP contribution in [0, 0.1) is 0 Å². The Balaban J connectivity index is 1.55. The molecule has 0 saturated heterocycles. The third-order valence-electron chi connectivity index (χ3n) is 4.93. The Kier molecular flexibility index (Phi) is 6.49. The smallest absolute Gasteiger partial charge is 0.368 e. The zero-order valence-corrected chi connectivity index (χ0v) is 18.1. The number of halogens is 3. The average Bonchev–Trinajstić information content (AvgIpc) is 3.23. The third kappa shape index (κ3) is 5.82. The van der Waals surface area contributed by atoms with Gasteiger partial charge in [0.25, 0.3) is 0 Å². The standard InChI is InChI=1S/C24H19F3N6O2/c25-24(26,27)17-4-6-18(7-5-17)30-23(35)31-19-3-1-2-16(12-19)22-20(15-8-10-29-11-9-15)13-33(32-22)14-21(28)34/h1-13H,14H2,(H2,28,34)(H2,30,31,35). The maximum Gasteiger partial charge on any atom is 0.416 e. The number of hydrogen-bond donors (Lipinski definition) is 3. The van der Waals surface area contributed by atoms with E-state index in [9.17, 15) is 22.8 Å². The number of nitrogens with one attached hydrogen (secondary N) is 2. The molecule has 0 radical (unpaired) electrons. The average molecular weight is 480 g/mol. The van der Waals surface area contributed by atoms with Crippen LogP contribution in [0.25, 0.3) is 22.4 Å². The minimum absolute atomic E-state index is 0.106. The molecule has 4 rings (SSSR count). The van der Waals surface area contributed by atoms with Gasteiger partial charge >= 0.3 is 12.2 Å². The van der Waals surface area contributed by atoms with Crippen LogP contribution < -0.4 is 16.4 Å². The van der Waals surface area contributed by atoms with Gasteiger partial charge in [0.15, 0.2) is 0 Å². The molecule has 8 nitrogen and oxygen atoms in total. The number of nitrogens with zero attached hydrogens (tertiary/aromatic N) is 3. The number of primary amides is 1. The van der Waals surface area contributed by atoms with Crippen LogP contribution in [-0.2, 0) is 17.5 Å². The van der Waals surface area contributed by atoms with Crippen LogP contribution in [0.15, 0.2) is 79.3 Å². The summed E-state index contributed by atoms with van der Waals surface area (Å²) in [4.78, 5) is 27.8. The molecule has 2 aromatic heterocycles. The van der Waals surface area contributed by atoms with Gasteiger partial charge in [0.1, 0.15) is 12.2 Å². The number of hydrogen-bond acceptors (Lipinski definition) is 4.